The van der Waals surface area contributed by atoms with E-state index >= 15 is 0 Å². The molecule has 4 heteroatoms. The lowest BCUT2D eigenvalue weighted by molar-refractivity contribution is 0.592. The van der Waals surface area contributed by atoms with Gasteiger partial charge in [-0.25, -0.2) is 9.37 Å². The third kappa shape index (κ3) is 2.18. The first-order chi connectivity index (χ1) is 11.4. The molecule has 1 aromatic carbocycles. The molecule has 0 saturated heterocycles. The zero-order valence-corrected chi connectivity index (χ0v) is 12.8. The molecule has 0 radical (unpaired) electrons. The molecule has 3 aromatic heterocycles. The monoisotopic (exact) mass is 307 g/mol. The van der Waals surface area contributed by atoms with Crippen molar-refractivity contribution in [1.82, 2.24) is 9.97 Å². The molecule has 0 saturated carbocycles. The number of hydrogen-bond acceptors (Lipinski definition) is 3. The van der Waals surface area contributed by atoms with Crippen LogP contribution >= 0.6 is 0 Å². The number of fused-ring (bicyclic) bond motifs is 3. The third-order valence-corrected chi connectivity index (χ3v) is 3.95. The molecule has 0 fully saturated rings. The molecule has 0 N–H and O–H groups in total. The minimum absolute atomic E-state index is 0.304. The van der Waals surface area contributed by atoms with Gasteiger partial charge in [-0.05, 0) is 35.7 Å². The molecular weight excluding hydrogens is 291 g/mol. The zero-order chi connectivity index (χ0) is 16.9. The predicted octanol–water partition coefficient (Wildman–Crippen LogP) is 5.31. The van der Waals surface area contributed by atoms with Crippen molar-refractivity contribution >= 4 is 22.1 Å². The molecule has 0 amide bonds. The molecule has 3 heterocycles. The van der Waals surface area contributed by atoms with E-state index in [0.29, 0.717) is 22.6 Å². The molecule has 0 atom stereocenters. The average molecular weight is 307 g/mol. The summed E-state index contributed by atoms with van der Waals surface area (Å²) in [5, 5.41) is 1.87. The fraction of sp³-hybridized carbons (Fsp3) is 0.158. The maximum absolute atomic E-state index is 14.0. The number of benzene rings is 1. The molecular formula is C19H15FN2O. The van der Waals surface area contributed by atoms with Gasteiger partial charge < -0.3 is 4.42 Å². The van der Waals surface area contributed by atoms with Gasteiger partial charge in [-0.3, -0.25) is 4.98 Å². The van der Waals surface area contributed by atoms with Crippen LogP contribution in [0.2, 0.25) is 0 Å². The van der Waals surface area contributed by atoms with Crippen molar-refractivity contribution in [3.63, 3.8) is 0 Å². The fourth-order valence-corrected chi connectivity index (χ4v) is 2.80. The Morgan fingerprint density at radius 1 is 1.13 bits per heavy atom. The van der Waals surface area contributed by atoms with Gasteiger partial charge >= 0.3 is 0 Å². The molecule has 0 aliphatic heterocycles. The second-order valence-electron chi connectivity index (χ2n) is 5.69. The highest BCUT2D eigenvalue weighted by atomic mass is 19.1. The maximum Gasteiger partial charge on any atom is 0.227 e. The van der Waals surface area contributed by atoms with Crippen LogP contribution in [0.4, 0.5) is 4.39 Å². The Morgan fingerprint density at radius 3 is 2.78 bits per heavy atom. The topological polar surface area (TPSA) is 38.9 Å². The van der Waals surface area contributed by atoms with Crippen LogP contribution in [0.1, 0.15) is 26.7 Å². The number of para-hydroxylation sites is 1. The Bertz CT molecular complexity index is 1070. The van der Waals surface area contributed by atoms with Crippen LogP contribution < -0.4 is 0 Å². The van der Waals surface area contributed by atoms with Crippen molar-refractivity contribution in [3.8, 4) is 11.3 Å². The van der Waals surface area contributed by atoms with Gasteiger partial charge in [0.25, 0.3) is 0 Å². The molecule has 0 unspecified atom stereocenters. The van der Waals surface area contributed by atoms with Gasteiger partial charge in [0.1, 0.15) is 11.4 Å². The van der Waals surface area contributed by atoms with Gasteiger partial charge in [0, 0.05) is 23.9 Å². The summed E-state index contributed by atoms with van der Waals surface area (Å²) in [6.45, 7) is 3.31. The number of aromatic nitrogens is 2. The van der Waals surface area contributed by atoms with Crippen LogP contribution in [0, 0.1) is 5.82 Å². The summed E-state index contributed by atoms with van der Waals surface area (Å²) in [6.07, 6.45) is 2.85. The van der Waals surface area contributed by atoms with Gasteiger partial charge in [-0.2, -0.15) is 0 Å². The van der Waals surface area contributed by atoms with Crippen LogP contribution in [0.3, 0.4) is 0 Å². The van der Waals surface area contributed by atoms with E-state index in [2.05, 4.69) is 9.97 Å². The Balaban J connectivity index is 2.00. The minimum Gasteiger partial charge on any atom is -0.437 e. The highest BCUT2D eigenvalue weighted by Crippen LogP contribution is 2.35. The molecule has 4 rings (SSSR count). The van der Waals surface area contributed by atoms with E-state index < -0.39 is 11.7 Å². The molecule has 4 aromatic rings. The smallest absolute Gasteiger partial charge is 0.227 e. The number of hydrogen-bond donors (Lipinski definition) is 0. The lowest BCUT2D eigenvalue weighted by Gasteiger charge is -2.09. The largest absolute Gasteiger partial charge is 0.437 e. The first-order valence-corrected chi connectivity index (χ1v) is 7.38. The van der Waals surface area contributed by atoms with Gasteiger partial charge in [0.05, 0.1) is 11.9 Å². The lowest BCUT2D eigenvalue weighted by Crippen LogP contribution is -1.96. The highest BCUT2D eigenvalue weighted by molar-refractivity contribution is 6.08. The van der Waals surface area contributed by atoms with E-state index in [4.69, 9.17) is 5.79 Å². The van der Waals surface area contributed by atoms with Crippen molar-refractivity contribution in [2.75, 3.05) is 0 Å². The molecule has 114 valence electrons. The number of rotatable bonds is 2. The highest BCUT2D eigenvalue weighted by Gasteiger charge is 2.15. The summed E-state index contributed by atoms with van der Waals surface area (Å²) in [5.41, 5.74) is 2.87. The molecule has 23 heavy (non-hydrogen) atoms. The zero-order valence-electron chi connectivity index (χ0n) is 13.8. The van der Waals surface area contributed by atoms with Crippen molar-refractivity contribution in [2.24, 2.45) is 0 Å². The van der Waals surface area contributed by atoms with Crippen LogP contribution in [0.5, 0.6) is 0 Å². The second-order valence-corrected chi connectivity index (χ2v) is 5.69. The third-order valence-electron chi connectivity index (χ3n) is 3.95. The van der Waals surface area contributed by atoms with E-state index in [9.17, 15) is 4.39 Å². The van der Waals surface area contributed by atoms with E-state index in [1.165, 1.54) is 6.20 Å². The fourth-order valence-electron chi connectivity index (χ4n) is 2.80. The van der Waals surface area contributed by atoms with Crippen LogP contribution in [0.15, 0.2) is 53.2 Å². The van der Waals surface area contributed by atoms with Crippen molar-refractivity contribution in [2.45, 2.75) is 19.7 Å². The van der Waals surface area contributed by atoms with E-state index in [1.807, 2.05) is 30.3 Å². The summed E-state index contributed by atoms with van der Waals surface area (Å²) in [6, 6.07) is 11.2. The first-order valence-electron chi connectivity index (χ1n) is 7.88. The van der Waals surface area contributed by atoms with E-state index in [1.54, 1.807) is 26.1 Å². The molecule has 3 nitrogen and oxygen atoms in total. The molecule has 0 aliphatic rings. The number of pyridine rings is 2. The van der Waals surface area contributed by atoms with E-state index in [0.717, 1.165) is 16.3 Å². The summed E-state index contributed by atoms with van der Waals surface area (Å²) in [5.74, 6) is -1.53. The normalized spacial score (nSPS) is 12.7. The van der Waals surface area contributed by atoms with Crippen LogP contribution in [0.25, 0.3) is 33.3 Å². The van der Waals surface area contributed by atoms with Crippen molar-refractivity contribution in [1.29, 1.82) is 0 Å². The van der Waals surface area contributed by atoms with Crippen LogP contribution in [-0.4, -0.2) is 9.97 Å². The Hall–Kier alpha value is -2.75. The SMILES string of the molecule is [2H]C(C)(C)c1cc(-c2cccc3c2oc2ncccc23)ncc1F. The summed E-state index contributed by atoms with van der Waals surface area (Å²) < 4.78 is 28.1. The summed E-state index contributed by atoms with van der Waals surface area (Å²) >= 11 is 0. The lowest BCUT2D eigenvalue weighted by atomic mass is 10.00. The Labute approximate surface area is 134 Å². The van der Waals surface area contributed by atoms with E-state index in [-0.39, 0.29) is 0 Å². The number of furan rings is 1. The molecule has 0 aliphatic carbocycles. The van der Waals surface area contributed by atoms with Gasteiger partial charge in [0.2, 0.25) is 5.71 Å². The first kappa shape index (κ1) is 12.8. The van der Waals surface area contributed by atoms with Gasteiger partial charge in [-0.1, -0.05) is 26.0 Å². The summed E-state index contributed by atoms with van der Waals surface area (Å²) in [7, 11) is 0. The number of halogens is 1. The Morgan fingerprint density at radius 2 is 1.96 bits per heavy atom. The molecule has 0 bridgehead atoms. The standard InChI is InChI=1S/C19H15FN2O/c1-11(2)15-9-17(22-10-16(15)20)14-6-3-5-12-13-7-4-8-21-19(13)23-18(12)14/h3-11H,1-2H3/i11D. The van der Waals surface area contributed by atoms with Gasteiger partial charge in [-0.15, -0.1) is 0 Å². The number of nitrogens with zero attached hydrogens (tertiary/aromatic N) is 2. The van der Waals surface area contributed by atoms with Crippen LogP contribution in [-0.2, 0) is 0 Å². The predicted molar refractivity (Wildman–Crippen MR) is 88.8 cm³/mol. The van der Waals surface area contributed by atoms with Crippen molar-refractivity contribution in [3.05, 3.63) is 60.2 Å². The maximum atomic E-state index is 14.0. The molecule has 0 spiro atoms. The quantitative estimate of drug-likeness (QED) is 0.504. The minimum atomic E-state index is -1.05. The van der Waals surface area contributed by atoms with Gasteiger partial charge in [0.15, 0.2) is 0 Å². The summed E-state index contributed by atoms with van der Waals surface area (Å²) in [4.78, 5) is 8.45. The van der Waals surface area contributed by atoms with Crippen molar-refractivity contribution < 1.29 is 10.2 Å². The Kier molecular flexibility index (Phi) is 2.86. The average Bonchev–Trinajstić information content (AvgIpc) is 2.93. The second kappa shape index (κ2) is 5.16.